The van der Waals surface area contributed by atoms with E-state index < -0.39 is 23.1 Å². The highest BCUT2D eigenvalue weighted by atomic mass is 19.1. The molecule has 0 aliphatic heterocycles. The molecule has 0 radical (unpaired) electrons. The molecule has 5 heteroatoms. The van der Waals surface area contributed by atoms with Crippen LogP contribution in [0.1, 0.15) is 5.56 Å². The number of phenolic OH excluding ortho intramolecular Hbond substituents is 2. The van der Waals surface area contributed by atoms with Crippen LogP contribution in [-0.2, 0) is 6.42 Å². The van der Waals surface area contributed by atoms with Gasteiger partial charge >= 0.3 is 0 Å². The fourth-order valence-corrected chi connectivity index (χ4v) is 1.13. The second-order valence-corrected chi connectivity index (χ2v) is 2.87. The van der Waals surface area contributed by atoms with Crippen molar-refractivity contribution < 1.29 is 19.0 Å². The molecule has 3 N–H and O–H groups in total. The largest absolute Gasteiger partial charge is 0.505 e. The second kappa shape index (κ2) is 4.23. The zero-order chi connectivity index (χ0) is 10.7. The van der Waals surface area contributed by atoms with Gasteiger partial charge in [0.15, 0.2) is 23.1 Å². The number of likely N-dealkylation sites (N-methyl/N-ethyl adjacent to an activating group) is 1. The molecule has 0 aromatic heterocycles. The molecule has 14 heavy (non-hydrogen) atoms. The van der Waals surface area contributed by atoms with Gasteiger partial charge in [-0.1, -0.05) is 0 Å². The highest BCUT2D eigenvalue weighted by Gasteiger charge is 2.17. The topological polar surface area (TPSA) is 52.5 Å². The van der Waals surface area contributed by atoms with Gasteiger partial charge in [0.05, 0.1) is 0 Å². The van der Waals surface area contributed by atoms with Crippen molar-refractivity contribution in [3.63, 3.8) is 0 Å². The quantitative estimate of drug-likeness (QED) is 0.690. The van der Waals surface area contributed by atoms with Crippen molar-refractivity contribution in [2.75, 3.05) is 13.6 Å². The molecular weight excluding hydrogens is 192 g/mol. The van der Waals surface area contributed by atoms with Gasteiger partial charge in [0.2, 0.25) is 0 Å². The Morgan fingerprint density at radius 2 is 1.71 bits per heavy atom. The van der Waals surface area contributed by atoms with E-state index in [1.54, 1.807) is 7.05 Å². The van der Waals surface area contributed by atoms with Crippen molar-refractivity contribution >= 4 is 0 Å². The van der Waals surface area contributed by atoms with Gasteiger partial charge in [-0.25, -0.2) is 8.78 Å². The summed E-state index contributed by atoms with van der Waals surface area (Å²) in [5.41, 5.74) is -0.308. The van der Waals surface area contributed by atoms with Gasteiger partial charge in [0.1, 0.15) is 0 Å². The maximum Gasteiger partial charge on any atom is 0.171 e. The van der Waals surface area contributed by atoms with Crippen molar-refractivity contribution in [2.45, 2.75) is 6.42 Å². The summed E-state index contributed by atoms with van der Waals surface area (Å²) in [4.78, 5) is 0. The fraction of sp³-hybridized carbons (Fsp3) is 0.333. The summed E-state index contributed by atoms with van der Waals surface area (Å²) in [5, 5.41) is 20.7. The lowest BCUT2D eigenvalue weighted by molar-refractivity contribution is 0.389. The molecule has 0 saturated heterocycles. The minimum atomic E-state index is -1.02. The van der Waals surface area contributed by atoms with Crippen molar-refractivity contribution in [3.05, 3.63) is 23.3 Å². The Morgan fingerprint density at radius 1 is 1.21 bits per heavy atom. The van der Waals surface area contributed by atoms with Gasteiger partial charge in [-0.3, -0.25) is 0 Å². The first-order valence-electron chi connectivity index (χ1n) is 4.11. The van der Waals surface area contributed by atoms with Crippen LogP contribution in [0.5, 0.6) is 11.5 Å². The Balaban J connectivity index is 3.11. The molecule has 0 bridgehead atoms. The summed E-state index contributed by atoms with van der Waals surface area (Å²) in [6.07, 6.45) is 0.0656. The second-order valence-electron chi connectivity index (χ2n) is 2.87. The number of nitrogens with one attached hydrogen (secondary N) is 1. The third-order valence-electron chi connectivity index (χ3n) is 1.88. The van der Waals surface area contributed by atoms with E-state index in [1.807, 2.05) is 0 Å². The molecule has 0 fully saturated rings. The Labute approximate surface area is 80.0 Å². The van der Waals surface area contributed by atoms with Crippen LogP contribution < -0.4 is 5.32 Å². The zero-order valence-electron chi connectivity index (χ0n) is 7.64. The normalized spacial score (nSPS) is 10.5. The van der Waals surface area contributed by atoms with Crippen LogP contribution in [0.2, 0.25) is 0 Å². The third-order valence-corrected chi connectivity index (χ3v) is 1.88. The van der Waals surface area contributed by atoms with Gasteiger partial charge in [0, 0.05) is 11.6 Å². The predicted molar refractivity (Wildman–Crippen MR) is 47.3 cm³/mol. The first kappa shape index (κ1) is 10.7. The standard InChI is InChI=1S/C9H11F2NO2/c1-12-3-2-5-8(10)6(13)4-7(14)9(5)11/h4,12-14H,2-3H2,1H3. The van der Waals surface area contributed by atoms with Crippen LogP contribution in [0, 0.1) is 11.6 Å². The van der Waals surface area contributed by atoms with Gasteiger partial charge in [-0.05, 0) is 20.0 Å². The highest BCUT2D eigenvalue weighted by Crippen LogP contribution is 2.29. The Hall–Kier alpha value is -1.36. The third kappa shape index (κ3) is 1.93. The molecule has 1 aromatic carbocycles. The van der Waals surface area contributed by atoms with Gasteiger partial charge in [0.25, 0.3) is 0 Å². The van der Waals surface area contributed by atoms with Crippen molar-refractivity contribution in [1.82, 2.24) is 5.32 Å². The maximum atomic E-state index is 13.1. The lowest BCUT2D eigenvalue weighted by Gasteiger charge is -2.07. The van der Waals surface area contributed by atoms with E-state index in [2.05, 4.69) is 5.32 Å². The average molecular weight is 203 g/mol. The molecule has 0 amide bonds. The van der Waals surface area contributed by atoms with Crippen LogP contribution in [0.25, 0.3) is 0 Å². The van der Waals surface area contributed by atoms with E-state index in [1.165, 1.54) is 0 Å². The van der Waals surface area contributed by atoms with E-state index in [0.717, 1.165) is 0 Å². The van der Waals surface area contributed by atoms with Crippen LogP contribution >= 0.6 is 0 Å². The molecule has 3 nitrogen and oxygen atoms in total. The number of phenols is 2. The molecule has 1 rings (SSSR count). The minimum Gasteiger partial charge on any atom is -0.505 e. The summed E-state index contributed by atoms with van der Waals surface area (Å²) in [6.45, 7) is 0.358. The van der Waals surface area contributed by atoms with E-state index in [0.29, 0.717) is 12.6 Å². The van der Waals surface area contributed by atoms with E-state index in [9.17, 15) is 8.78 Å². The summed E-state index contributed by atoms with van der Waals surface area (Å²) in [6, 6.07) is 0.646. The number of rotatable bonds is 3. The molecule has 0 atom stereocenters. The number of halogens is 2. The average Bonchev–Trinajstić information content (AvgIpc) is 2.15. The van der Waals surface area contributed by atoms with E-state index in [4.69, 9.17) is 10.2 Å². The molecule has 0 unspecified atom stereocenters. The number of hydrogen-bond acceptors (Lipinski definition) is 3. The molecule has 0 saturated carbocycles. The Kier molecular flexibility index (Phi) is 3.24. The minimum absolute atomic E-state index is 0.0656. The predicted octanol–water partition coefficient (Wildman–Crippen LogP) is 1.14. The van der Waals surface area contributed by atoms with Gasteiger partial charge in [-0.15, -0.1) is 0 Å². The summed E-state index contributed by atoms with van der Waals surface area (Å²) >= 11 is 0. The molecule has 1 aromatic rings. The zero-order valence-corrected chi connectivity index (χ0v) is 7.64. The monoisotopic (exact) mass is 203 g/mol. The van der Waals surface area contributed by atoms with Gasteiger partial charge < -0.3 is 15.5 Å². The van der Waals surface area contributed by atoms with E-state index in [-0.39, 0.29) is 12.0 Å². The molecule has 0 heterocycles. The number of benzene rings is 1. The van der Waals surface area contributed by atoms with Crippen molar-refractivity contribution in [3.8, 4) is 11.5 Å². The Bertz CT molecular complexity index is 316. The highest BCUT2D eigenvalue weighted by molar-refractivity contribution is 5.40. The van der Waals surface area contributed by atoms with Crippen LogP contribution in [0.4, 0.5) is 8.78 Å². The summed E-state index contributed by atoms with van der Waals surface area (Å²) in [5.74, 6) is -3.52. The van der Waals surface area contributed by atoms with Crippen LogP contribution in [0.15, 0.2) is 6.07 Å². The van der Waals surface area contributed by atoms with Crippen molar-refractivity contribution in [1.29, 1.82) is 0 Å². The molecule has 0 spiro atoms. The molecule has 78 valence electrons. The van der Waals surface area contributed by atoms with Crippen molar-refractivity contribution in [2.24, 2.45) is 0 Å². The molecule has 0 aliphatic carbocycles. The molecular formula is C9H11F2NO2. The Morgan fingerprint density at radius 3 is 2.14 bits per heavy atom. The van der Waals surface area contributed by atoms with Crippen LogP contribution in [-0.4, -0.2) is 23.8 Å². The van der Waals surface area contributed by atoms with Gasteiger partial charge in [-0.2, -0.15) is 0 Å². The molecule has 0 aliphatic rings. The van der Waals surface area contributed by atoms with Crippen LogP contribution in [0.3, 0.4) is 0 Å². The lowest BCUT2D eigenvalue weighted by Crippen LogP contribution is -2.12. The number of aromatic hydroxyl groups is 2. The lowest BCUT2D eigenvalue weighted by atomic mass is 10.1. The first-order valence-corrected chi connectivity index (χ1v) is 4.11. The fourth-order valence-electron chi connectivity index (χ4n) is 1.13. The first-order chi connectivity index (χ1) is 6.57. The summed E-state index contributed by atoms with van der Waals surface area (Å²) < 4.78 is 26.3. The number of hydrogen-bond donors (Lipinski definition) is 3. The van der Waals surface area contributed by atoms with E-state index >= 15 is 0 Å². The maximum absolute atomic E-state index is 13.1. The SMILES string of the molecule is CNCCc1c(F)c(O)cc(O)c1F. The smallest absolute Gasteiger partial charge is 0.171 e. The summed E-state index contributed by atoms with van der Waals surface area (Å²) in [7, 11) is 1.64.